The van der Waals surface area contributed by atoms with Crippen LogP contribution in [0.15, 0.2) is 96.5 Å². The molecule has 5 aromatic rings. The Morgan fingerprint density at radius 3 is 2.32 bits per heavy atom. The molecule has 0 bridgehead atoms. The highest BCUT2D eigenvalue weighted by atomic mass is 32.2. The third kappa shape index (κ3) is 4.39. The molecule has 0 spiro atoms. The van der Waals surface area contributed by atoms with Crippen molar-refractivity contribution in [1.29, 1.82) is 0 Å². The Morgan fingerprint density at radius 1 is 0.806 bits per heavy atom. The fourth-order valence-electron chi connectivity index (χ4n) is 3.20. The lowest BCUT2D eigenvalue weighted by Crippen LogP contribution is -2.04. The van der Waals surface area contributed by atoms with Crippen molar-refractivity contribution in [2.75, 3.05) is 0 Å². The second-order valence-electron chi connectivity index (χ2n) is 6.86. The van der Waals surface area contributed by atoms with Gasteiger partial charge in [-0.2, -0.15) is 15.0 Å². The summed E-state index contributed by atoms with van der Waals surface area (Å²) in [6, 6.07) is 24.1. The molecule has 3 heterocycles. The molecule has 5 rings (SSSR count). The fraction of sp³-hybridized carbons (Fsp3) is 0.0870. The zero-order valence-corrected chi connectivity index (χ0v) is 17.4. The van der Waals surface area contributed by atoms with Gasteiger partial charge in [-0.25, -0.2) is 0 Å². The van der Waals surface area contributed by atoms with Crippen molar-refractivity contribution in [3.05, 3.63) is 103 Å². The average Bonchev–Trinajstić information content (AvgIpc) is 3.47. The lowest BCUT2D eigenvalue weighted by molar-refractivity contribution is 0.713. The molecule has 7 nitrogen and oxygen atoms in total. The third-order valence-electron chi connectivity index (χ3n) is 4.71. The van der Waals surface area contributed by atoms with Gasteiger partial charge in [-0.1, -0.05) is 60.3 Å². The Hall–Kier alpha value is -3.78. The van der Waals surface area contributed by atoms with Crippen LogP contribution in [0.2, 0.25) is 0 Å². The summed E-state index contributed by atoms with van der Waals surface area (Å²) >= 11 is 1.60. The number of hydrogen-bond donors (Lipinski definition) is 0. The predicted molar refractivity (Wildman–Crippen MR) is 120 cm³/mol. The zero-order chi connectivity index (χ0) is 20.9. The van der Waals surface area contributed by atoms with Crippen LogP contribution in [0.3, 0.4) is 0 Å². The molecule has 0 saturated heterocycles. The third-order valence-corrected chi connectivity index (χ3v) is 5.71. The Morgan fingerprint density at radius 2 is 1.55 bits per heavy atom. The summed E-state index contributed by atoms with van der Waals surface area (Å²) in [7, 11) is 0. The van der Waals surface area contributed by atoms with Crippen molar-refractivity contribution < 1.29 is 0 Å². The van der Waals surface area contributed by atoms with Gasteiger partial charge in [-0.15, -0.1) is 10.2 Å². The van der Waals surface area contributed by atoms with E-state index >= 15 is 0 Å². The number of pyridine rings is 1. The molecule has 0 radical (unpaired) electrons. The Labute approximate surface area is 183 Å². The van der Waals surface area contributed by atoms with E-state index in [1.54, 1.807) is 35.1 Å². The van der Waals surface area contributed by atoms with Gasteiger partial charge in [-0.3, -0.25) is 9.55 Å². The van der Waals surface area contributed by atoms with E-state index < -0.39 is 0 Å². The van der Waals surface area contributed by atoms with Gasteiger partial charge >= 0.3 is 0 Å². The maximum Gasteiger partial charge on any atom is 0.192 e. The van der Waals surface area contributed by atoms with Crippen molar-refractivity contribution in [3.8, 4) is 17.1 Å². The lowest BCUT2D eigenvalue weighted by atomic mass is 10.2. The molecule has 0 fully saturated rings. The van der Waals surface area contributed by atoms with E-state index in [1.165, 1.54) is 5.56 Å². The van der Waals surface area contributed by atoms with Crippen molar-refractivity contribution in [2.45, 2.75) is 17.5 Å². The summed E-state index contributed by atoms with van der Waals surface area (Å²) < 4.78 is 2.14. The number of rotatable bonds is 7. The molecule has 0 N–H and O–H groups in total. The Balaban J connectivity index is 1.40. The summed E-state index contributed by atoms with van der Waals surface area (Å²) in [4.78, 5) is 5.76. The highest BCUT2D eigenvalue weighted by molar-refractivity contribution is 7.98. The topological polar surface area (TPSA) is 74.3 Å². The van der Waals surface area contributed by atoms with Gasteiger partial charge in [0.1, 0.15) is 0 Å². The van der Waals surface area contributed by atoms with Crippen LogP contribution in [-0.2, 0) is 12.3 Å². The van der Waals surface area contributed by atoms with Gasteiger partial charge < -0.3 is 0 Å². The zero-order valence-electron chi connectivity index (χ0n) is 16.6. The summed E-state index contributed by atoms with van der Waals surface area (Å²) in [6.07, 6.45) is 5.33. The number of para-hydroxylation sites is 1. The quantitative estimate of drug-likeness (QED) is 0.363. The van der Waals surface area contributed by atoms with Crippen LogP contribution in [0.5, 0.6) is 0 Å². The van der Waals surface area contributed by atoms with Crippen LogP contribution >= 0.6 is 11.8 Å². The van der Waals surface area contributed by atoms with Crippen LogP contribution in [0.4, 0.5) is 0 Å². The first-order valence-corrected chi connectivity index (χ1v) is 10.8. The van der Waals surface area contributed by atoms with Gasteiger partial charge in [0.05, 0.1) is 24.1 Å². The molecule has 0 amide bonds. The summed E-state index contributed by atoms with van der Waals surface area (Å²) in [5.41, 5.74) is 3.99. The standard InChI is InChI=1S/C23H19N7S/c1-3-7-18(8-4-1)16-29-22(19-11-13-24-14-12-19)26-27-23(29)31-17-20-15-25-30(28-20)21-9-5-2-6-10-21/h1-15H,16-17H2. The number of nitrogens with zero attached hydrogens (tertiary/aromatic N) is 7. The SMILES string of the molecule is c1ccc(Cn2c(SCc3cnn(-c4ccccc4)n3)nnc2-c2ccncc2)cc1. The van der Waals surface area contributed by atoms with Crippen LogP contribution in [0.1, 0.15) is 11.3 Å². The lowest BCUT2D eigenvalue weighted by Gasteiger charge is -2.10. The minimum absolute atomic E-state index is 0.649. The maximum absolute atomic E-state index is 4.59. The maximum atomic E-state index is 4.59. The number of aromatic nitrogens is 7. The monoisotopic (exact) mass is 425 g/mol. The van der Waals surface area contributed by atoms with Gasteiger partial charge in [0.15, 0.2) is 11.0 Å². The summed E-state index contributed by atoms with van der Waals surface area (Å²) in [5.74, 6) is 1.47. The predicted octanol–water partition coefficient (Wildman–Crippen LogP) is 4.26. The van der Waals surface area contributed by atoms with E-state index in [0.717, 1.165) is 27.9 Å². The smallest absolute Gasteiger partial charge is 0.192 e. The molecule has 0 saturated carbocycles. The molecule has 152 valence electrons. The second kappa shape index (κ2) is 8.93. The fourth-order valence-corrected chi connectivity index (χ4v) is 4.02. The normalized spacial score (nSPS) is 11.0. The van der Waals surface area contributed by atoms with Crippen molar-refractivity contribution in [2.24, 2.45) is 0 Å². The minimum Gasteiger partial charge on any atom is -0.298 e. The molecule has 8 heteroatoms. The number of benzene rings is 2. The molecular formula is C23H19N7S. The van der Waals surface area contributed by atoms with E-state index in [9.17, 15) is 0 Å². The molecule has 0 aliphatic heterocycles. The Bertz CT molecular complexity index is 1250. The second-order valence-corrected chi connectivity index (χ2v) is 7.81. The minimum atomic E-state index is 0.649. The summed E-state index contributed by atoms with van der Waals surface area (Å²) in [5, 5.41) is 18.8. The molecule has 2 aromatic carbocycles. The van der Waals surface area contributed by atoms with Crippen molar-refractivity contribution in [1.82, 2.24) is 34.7 Å². The van der Waals surface area contributed by atoms with Gasteiger partial charge in [0, 0.05) is 23.7 Å². The molecule has 3 aromatic heterocycles. The first kappa shape index (κ1) is 19.2. The molecule has 0 atom stereocenters. The van der Waals surface area contributed by atoms with Gasteiger partial charge in [0.2, 0.25) is 0 Å². The van der Waals surface area contributed by atoms with Crippen molar-refractivity contribution >= 4 is 11.8 Å². The highest BCUT2D eigenvalue weighted by Crippen LogP contribution is 2.26. The largest absolute Gasteiger partial charge is 0.298 e. The first-order valence-electron chi connectivity index (χ1n) is 9.84. The van der Waals surface area contributed by atoms with E-state index in [4.69, 9.17) is 0 Å². The van der Waals surface area contributed by atoms with E-state index in [-0.39, 0.29) is 0 Å². The van der Waals surface area contributed by atoms with Crippen LogP contribution in [0, 0.1) is 0 Å². The molecule has 0 unspecified atom stereocenters. The number of thioether (sulfide) groups is 1. The first-order chi connectivity index (χ1) is 15.4. The average molecular weight is 426 g/mol. The van der Waals surface area contributed by atoms with E-state index in [2.05, 4.69) is 42.1 Å². The molecule has 0 aliphatic rings. The van der Waals surface area contributed by atoms with Crippen LogP contribution in [-0.4, -0.2) is 34.7 Å². The summed E-state index contributed by atoms with van der Waals surface area (Å²) in [6.45, 7) is 0.685. The van der Waals surface area contributed by atoms with E-state index in [1.807, 2.05) is 60.7 Å². The van der Waals surface area contributed by atoms with Gasteiger partial charge in [0.25, 0.3) is 0 Å². The molecule has 31 heavy (non-hydrogen) atoms. The molecular weight excluding hydrogens is 406 g/mol. The van der Waals surface area contributed by atoms with Crippen LogP contribution in [0.25, 0.3) is 17.1 Å². The Kier molecular flexibility index (Phi) is 5.53. The van der Waals surface area contributed by atoms with E-state index in [0.29, 0.717) is 12.3 Å². The number of hydrogen-bond acceptors (Lipinski definition) is 6. The van der Waals surface area contributed by atoms with Gasteiger partial charge in [-0.05, 0) is 29.8 Å². The molecule has 0 aliphatic carbocycles. The van der Waals surface area contributed by atoms with Crippen molar-refractivity contribution in [3.63, 3.8) is 0 Å². The van der Waals surface area contributed by atoms with Crippen LogP contribution < -0.4 is 0 Å². The highest BCUT2D eigenvalue weighted by Gasteiger charge is 2.16.